The van der Waals surface area contributed by atoms with Crippen molar-refractivity contribution in [3.8, 4) is 5.75 Å². The molecule has 0 radical (unpaired) electrons. The van der Waals surface area contributed by atoms with Gasteiger partial charge in [0, 0.05) is 5.54 Å². The minimum absolute atomic E-state index is 0.0270. The third kappa shape index (κ3) is 5.62. The number of rotatable bonds is 5. The van der Waals surface area contributed by atoms with Crippen molar-refractivity contribution >= 4 is 17.4 Å². The van der Waals surface area contributed by atoms with Crippen LogP contribution in [0.15, 0.2) is 42.6 Å². The molecule has 122 valence electrons. The summed E-state index contributed by atoms with van der Waals surface area (Å²) in [5.41, 5.74) is 1.82. The van der Waals surface area contributed by atoms with Crippen LogP contribution in [-0.2, 0) is 11.2 Å². The van der Waals surface area contributed by atoms with Gasteiger partial charge in [-0.1, -0.05) is 12.1 Å². The van der Waals surface area contributed by atoms with Crippen molar-refractivity contribution < 1.29 is 9.53 Å². The lowest BCUT2D eigenvalue weighted by atomic mass is 10.1. The van der Waals surface area contributed by atoms with Gasteiger partial charge in [0.05, 0.1) is 25.4 Å². The molecule has 0 bridgehead atoms. The normalized spacial score (nSPS) is 11.0. The molecule has 5 heteroatoms. The smallest absolute Gasteiger partial charge is 0.229 e. The first-order valence-electron chi connectivity index (χ1n) is 7.53. The molecule has 0 unspecified atom stereocenters. The van der Waals surface area contributed by atoms with Gasteiger partial charge in [0.2, 0.25) is 5.91 Å². The summed E-state index contributed by atoms with van der Waals surface area (Å²) in [5, 5.41) is 6.13. The predicted octanol–water partition coefficient (Wildman–Crippen LogP) is 3.48. The zero-order chi connectivity index (χ0) is 16.9. The van der Waals surface area contributed by atoms with Crippen molar-refractivity contribution in [2.24, 2.45) is 0 Å². The number of ether oxygens (including phenoxy) is 1. The Morgan fingerprint density at radius 2 is 1.83 bits per heavy atom. The van der Waals surface area contributed by atoms with Crippen LogP contribution >= 0.6 is 0 Å². The number of carbonyl (C=O) groups excluding carboxylic acids is 1. The van der Waals surface area contributed by atoms with E-state index in [4.69, 9.17) is 4.74 Å². The molecule has 1 aromatic carbocycles. The molecule has 1 heterocycles. The molecule has 23 heavy (non-hydrogen) atoms. The number of anilines is 2. The first-order valence-corrected chi connectivity index (χ1v) is 7.53. The lowest BCUT2D eigenvalue weighted by Gasteiger charge is -2.21. The van der Waals surface area contributed by atoms with E-state index in [-0.39, 0.29) is 11.4 Å². The van der Waals surface area contributed by atoms with E-state index in [1.54, 1.807) is 19.4 Å². The van der Waals surface area contributed by atoms with E-state index in [1.807, 2.05) is 30.3 Å². The lowest BCUT2D eigenvalue weighted by Crippen LogP contribution is -2.26. The van der Waals surface area contributed by atoms with Crippen molar-refractivity contribution in [3.63, 3.8) is 0 Å². The number of hydrogen-bond donors (Lipinski definition) is 2. The van der Waals surface area contributed by atoms with E-state index in [0.29, 0.717) is 12.2 Å². The molecule has 0 aliphatic heterocycles. The van der Waals surface area contributed by atoms with Crippen LogP contribution in [0.1, 0.15) is 26.3 Å². The second kappa shape index (κ2) is 7.13. The molecule has 5 nitrogen and oxygen atoms in total. The van der Waals surface area contributed by atoms with Gasteiger partial charge in [-0.3, -0.25) is 4.79 Å². The fourth-order valence-corrected chi connectivity index (χ4v) is 2.09. The van der Waals surface area contributed by atoms with Gasteiger partial charge in [-0.15, -0.1) is 0 Å². The molecule has 0 saturated carbocycles. The average molecular weight is 313 g/mol. The number of hydrogen-bond acceptors (Lipinski definition) is 4. The maximum Gasteiger partial charge on any atom is 0.229 e. The lowest BCUT2D eigenvalue weighted by molar-refractivity contribution is -0.115. The molecular weight excluding hydrogens is 290 g/mol. The van der Waals surface area contributed by atoms with E-state index < -0.39 is 0 Å². The van der Waals surface area contributed by atoms with Crippen molar-refractivity contribution in [2.75, 3.05) is 17.7 Å². The van der Waals surface area contributed by atoms with Gasteiger partial charge < -0.3 is 15.4 Å². The van der Waals surface area contributed by atoms with Gasteiger partial charge in [-0.05, 0) is 50.6 Å². The van der Waals surface area contributed by atoms with Crippen LogP contribution in [0.4, 0.5) is 11.5 Å². The molecule has 2 N–H and O–H groups in total. The molecule has 0 aliphatic rings. The van der Waals surface area contributed by atoms with E-state index in [0.717, 1.165) is 17.0 Å². The highest BCUT2D eigenvalue weighted by molar-refractivity contribution is 5.91. The number of methoxy groups -OCH3 is 1. The first kappa shape index (κ1) is 16.8. The van der Waals surface area contributed by atoms with Crippen LogP contribution < -0.4 is 15.4 Å². The zero-order valence-corrected chi connectivity index (χ0v) is 14.0. The Labute approximate surface area is 137 Å². The summed E-state index contributed by atoms with van der Waals surface area (Å²) >= 11 is 0. The molecule has 0 fully saturated rings. The third-order valence-corrected chi connectivity index (χ3v) is 3.07. The molecule has 1 aromatic heterocycles. The van der Waals surface area contributed by atoms with Crippen molar-refractivity contribution in [3.05, 3.63) is 48.2 Å². The fourth-order valence-electron chi connectivity index (χ4n) is 2.09. The number of nitrogens with one attached hydrogen (secondary N) is 2. The van der Waals surface area contributed by atoms with Crippen LogP contribution in [0.5, 0.6) is 5.75 Å². The van der Waals surface area contributed by atoms with Gasteiger partial charge >= 0.3 is 0 Å². The molecule has 0 spiro atoms. The number of aromatic nitrogens is 1. The Morgan fingerprint density at radius 3 is 2.35 bits per heavy atom. The van der Waals surface area contributed by atoms with Crippen molar-refractivity contribution in [2.45, 2.75) is 32.7 Å². The second-order valence-corrected chi connectivity index (χ2v) is 6.38. The molecule has 2 aromatic rings. The maximum absolute atomic E-state index is 12.1. The molecule has 1 amide bonds. The summed E-state index contributed by atoms with van der Waals surface area (Å²) in [6.07, 6.45) is 2.02. The summed E-state index contributed by atoms with van der Waals surface area (Å²) in [6, 6.07) is 11.1. The molecule has 2 rings (SSSR count). The summed E-state index contributed by atoms with van der Waals surface area (Å²) in [5.74, 6) is 1.22. The van der Waals surface area contributed by atoms with Crippen LogP contribution in [0, 0.1) is 0 Å². The molecular formula is C18H23N3O2. The standard InChI is InChI=1S/C18H23N3O2/c1-18(2,3)21-14-7-10-16(19-12-14)20-17(22)11-13-5-8-15(23-4)9-6-13/h5-10,12,21H,11H2,1-4H3,(H,19,20,22). The van der Waals surface area contributed by atoms with E-state index in [1.165, 1.54) is 0 Å². The summed E-state index contributed by atoms with van der Waals surface area (Å²) in [6.45, 7) is 6.24. The van der Waals surface area contributed by atoms with E-state index in [2.05, 4.69) is 36.4 Å². The van der Waals surface area contributed by atoms with E-state index in [9.17, 15) is 4.79 Å². The average Bonchev–Trinajstić information content (AvgIpc) is 2.48. The Kier molecular flexibility index (Phi) is 5.21. The van der Waals surface area contributed by atoms with Gasteiger partial charge in [-0.2, -0.15) is 0 Å². The highest BCUT2D eigenvalue weighted by Gasteiger charge is 2.10. The van der Waals surface area contributed by atoms with E-state index >= 15 is 0 Å². The number of nitrogens with zero attached hydrogens (tertiary/aromatic N) is 1. The van der Waals surface area contributed by atoms with Gasteiger partial charge in [0.15, 0.2) is 0 Å². The summed E-state index contributed by atoms with van der Waals surface area (Å²) in [4.78, 5) is 16.3. The second-order valence-electron chi connectivity index (χ2n) is 6.38. The zero-order valence-electron chi connectivity index (χ0n) is 14.0. The highest BCUT2D eigenvalue weighted by Crippen LogP contribution is 2.16. The van der Waals surface area contributed by atoms with Crippen LogP contribution in [0.2, 0.25) is 0 Å². The fraction of sp³-hybridized carbons (Fsp3) is 0.333. The quantitative estimate of drug-likeness (QED) is 0.887. The highest BCUT2D eigenvalue weighted by atomic mass is 16.5. The predicted molar refractivity (Wildman–Crippen MR) is 92.9 cm³/mol. The van der Waals surface area contributed by atoms with Gasteiger partial charge in [-0.25, -0.2) is 4.98 Å². The van der Waals surface area contributed by atoms with Crippen LogP contribution in [0.3, 0.4) is 0 Å². The van der Waals surface area contributed by atoms with Crippen LogP contribution in [0.25, 0.3) is 0 Å². The first-order chi connectivity index (χ1) is 10.9. The Balaban J connectivity index is 1.91. The Bertz CT molecular complexity index is 643. The summed E-state index contributed by atoms with van der Waals surface area (Å²) < 4.78 is 5.10. The van der Waals surface area contributed by atoms with Gasteiger partial charge in [0.1, 0.15) is 11.6 Å². The minimum Gasteiger partial charge on any atom is -0.497 e. The Morgan fingerprint density at radius 1 is 1.13 bits per heavy atom. The Hall–Kier alpha value is -2.56. The van der Waals surface area contributed by atoms with Gasteiger partial charge in [0.25, 0.3) is 0 Å². The minimum atomic E-state index is -0.0980. The SMILES string of the molecule is COc1ccc(CC(=O)Nc2ccc(NC(C)(C)C)cn2)cc1. The van der Waals surface area contributed by atoms with Crippen molar-refractivity contribution in [1.29, 1.82) is 0 Å². The molecule has 0 aliphatic carbocycles. The molecule has 0 saturated heterocycles. The number of carbonyl (C=O) groups is 1. The number of benzene rings is 1. The van der Waals surface area contributed by atoms with Crippen molar-refractivity contribution in [1.82, 2.24) is 4.98 Å². The summed E-state index contributed by atoms with van der Waals surface area (Å²) in [7, 11) is 1.62. The largest absolute Gasteiger partial charge is 0.497 e. The number of pyridine rings is 1. The topological polar surface area (TPSA) is 63.2 Å². The monoisotopic (exact) mass is 313 g/mol. The number of amides is 1. The third-order valence-electron chi connectivity index (χ3n) is 3.07. The maximum atomic E-state index is 12.1. The van der Waals surface area contributed by atoms with Crippen LogP contribution in [-0.4, -0.2) is 23.5 Å². The molecule has 0 atom stereocenters.